The van der Waals surface area contributed by atoms with E-state index in [0.717, 1.165) is 4.88 Å². The van der Waals surface area contributed by atoms with Gasteiger partial charge < -0.3 is 14.6 Å². The predicted molar refractivity (Wildman–Crippen MR) is 84.7 cm³/mol. The molecule has 0 aliphatic carbocycles. The van der Waals surface area contributed by atoms with Gasteiger partial charge in [0.25, 0.3) is 5.91 Å². The largest absolute Gasteiger partial charge is 0.453 e. The Labute approximate surface area is 137 Å². The number of carbonyl (C=O) groups is 2. The molecule has 0 saturated carbocycles. The Kier molecular flexibility index (Phi) is 6.04. The number of ether oxygens (including phenoxy) is 1. The summed E-state index contributed by atoms with van der Waals surface area (Å²) in [6.45, 7) is 5.33. The van der Waals surface area contributed by atoms with Crippen LogP contribution in [0.2, 0.25) is 0 Å². The highest BCUT2D eigenvalue weighted by molar-refractivity contribution is 7.13. The maximum absolute atomic E-state index is 11.7. The van der Waals surface area contributed by atoms with Crippen molar-refractivity contribution in [3.63, 3.8) is 0 Å². The Balaban J connectivity index is 1.78. The fraction of sp³-hybridized carbons (Fsp3) is 0.333. The average Bonchev–Trinajstić information content (AvgIpc) is 3.21. The lowest BCUT2D eigenvalue weighted by Gasteiger charge is -2.12. The van der Waals surface area contributed by atoms with Crippen molar-refractivity contribution in [1.82, 2.24) is 15.5 Å². The zero-order valence-corrected chi connectivity index (χ0v) is 13.5. The van der Waals surface area contributed by atoms with E-state index >= 15 is 0 Å². The summed E-state index contributed by atoms with van der Waals surface area (Å²) in [5.74, 6) is -0.00667. The van der Waals surface area contributed by atoms with Crippen LogP contribution in [0.25, 0.3) is 10.7 Å². The van der Waals surface area contributed by atoms with Crippen molar-refractivity contribution in [3.8, 4) is 10.7 Å². The average molecular weight is 335 g/mol. The molecule has 0 saturated heterocycles. The molecule has 0 unspecified atom stereocenters. The van der Waals surface area contributed by atoms with Crippen LogP contribution < -0.4 is 5.32 Å². The van der Waals surface area contributed by atoms with Gasteiger partial charge in [-0.05, 0) is 18.4 Å². The standard InChI is InChI=1S/C15H17N3O4S/c1-3-8-16-15(20)10(2)21-13(19)7-6-12-17-14(18-22-12)11-5-4-9-23-11/h3-5,9-10H,1,6-8H2,2H3,(H,16,20)/t10-/m0/s1. The van der Waals surface area contributed by atoms with Crippen molar-refractivity contribution >= 4 is 23.2 Å². The number of aromatic nitrogens is 2. The van der Waals surface area contributed by atoms with Crippen molar-refractivity contribution in [3.05, 3.63) is 36.1 Å². The van der Waals surface area contributed by atoms with Gasteiger partial charge in [-0.3, -0.25) is 9.59 Å². The van der Waals surface area contributed by atoms with Crippen molar-refractivity contribution in [2.75, 3.05) is 6.54 Å². The molecule has 1 N–H and O–H groups in total. The van der Waals surface area contributed by atoms with Crippen molar-refractivity contribution < 1.29 is 18.8 Å². The number of carbonyl (C=O) groups excluding carboxylic acids is 2. The summed E-state index contributed by atoms with van der Waals surface area (Å²) in [6, 6.07) is 3.78. The van der Waals surface area contributed by atoms with Gasteiger partial charge in [0, 0.05) is 13.0 Å². The molecule has 2 heterocycles. The number of nitrogens with zero attached hydrogens (tertiary/aromatic N) is 2. The third-order valence-electron chi connectivity index (χ3n) is 2.85. The molecule has 1 amide bonds. The number of hydrogen-bond acceptors (Lipinski definition) is 7. The number of nitrogens with one attached hydrogen (secondary N) is 1. The highest BCUT2D eigenvalue weighted by Crippen LogP contribution is 2.21. The molecule has 23 heavy (non-hydrogen) atoms. The Bertz CT molecular complexity index is 666. The van der Waals surface area contributed by atoms with Gasteiger partial charge in [-0.25, -0.2) is 0 Å². The summed E-state index contributed by atoms with van der Waals surface area (Å²) in [5, 5.41) is 8.33. The van der Waals surface area contributed by atoms with E-state index in [1.54, 1.807) is 6.08 Å². The van der Waals surface area contributed by atoms with Crippen LogP contribution in [0.4, 0.5) is 0 Å². The fourth-order valence-corrected chi connectivity index (χ4v) is 2.35. The summed E-state index contributed by atoms with van der Waals surface area (Å²) >= 11 is 1.50. The Morgan fingerprint density at radius 3 is 3.09 bits per heavy atom. The van der Waals surface area contributed by atoms with Gasteiger partial charge in [0.2, 0.25) is 11.7 Å². The van der Waals surface area contributed by atoms with Crippen LogP contribution >= 0.6 is 11.3 Å². The number of aryl methyl sites for hydroxylation is 1. The van der Waals surface area contributed by atoms with E-state index in [-0.39, 0.29) is 18.7 Å². The zero-order valence-electron chi connectivity index (χ0n) is 12.7. The van der Waals surface area contributed by atoms with E-state index in [1.807, 2.05) is 17.5 Å². The maximum Gasteiger partial charge on any atom is 0.307 e. The molecule has 2 aromatic rings. The van der Waals surface area contributed by atoms with Gasteiger partial charge >= 0.3 is 5.97 Å². The van der Waals surface area contributed by atoms with Crippen LogP contribution in [0.1, 0.15) is 19.2 Å². The van der Waals surface area contributed by atoms with Gasteiger partial charge in [0.15, 0.2) is 6.10 Å². The highest BCUT2D eigenvalue weighted by Gasteiger charge is 2.18. The summed E-state index contributed by atoms with van der Waals surface area (Å²) in [7, 11) is 0. The van der Waals surface area contributed by atoms with E-state index < -0.39 is 12.1 Å². The molecule has 0 bridgehead atoms. The molecule has 0 fully saturated rings. The van der Waals surface area contributed by atoms with Crippen LogP contribution in [0, 0.1) is 0 Å². The van der Waals surface area contributed by atoms with Crippen molar-refractivity contribution in [1.29, 1.82) is 0 Å². The van der Waals surface area contributed by atoms with Crippen molar-refractivity contribution in [2.45, 2.75) is 25.9 Å². The first kappa shape index (κ1) is 16.9. The quantitative estimate of drug-likeness (QED) is 0.585. The molecular weight excluding hydrogens is 318 g/mol. The molecule has 122 valence electrons. The van der Waals surface area contributed by atoms with Crippen LogP contribution in [-0.2, 0) is 20.7 Å². The number of hydrogen-bond donors (Lipinski definition) is 1. The minimum atomic E-state index is -0.855. The number of thiophene rings is 1. The molecule has 0 aliphatic rings. The highest BCUT2D eigenvalue weighted by atomic mass is 32.1. The van der Waals surface area contributed by atoms with Crippen LogP contribution in [0.5, 0.6) is 0 Å². The SMILES string of the molecule is C=CCNC(=O)[C@H](C)OC(=O)CCc1nc(-c2cccs2)no1. The minimum Gasteiger partial charge on any atom is -0.453 e. The summed E-state index contributed by atoms with van der Waals surface area (Å²) in [4.78, 5) is 28.4. The molecule has 7 nitrogen and oxygen atoms in total. The third-order valence-corrected chi connectivity index (χ3v) is 3.72. The number of esters is 1. The Morgan fingerprint density at radius 2 is 2.39 bits per heavy atom. The summed E-state index contributed by atoms with van der Waals surface area (Å²) in [5.41, 5.74) is 0. The van der Waals surface area contributed by atoms with Crippen molar-refractivity contribution in [2.24, 2.45) is 0 Å². The van der Waals surface area contributed by atoms with E-state index in [1.165, 1.54) is 18.3 Å². The monoisotopic (exact) mass is 335 g/mol. The van der Waals surface area contributed by atoms with Gasteiger partial charge in [0.1, 0.15) is 0 Å². The number of rotatable bonds is 8. The predicted octanol–water partition coefficient (Wildman–Crippen LogP) is 1.96. The molecule has 2 rings (SSSR count). The molecular formula is C15H17N3O4S. The van der Waals surface area contributed by atoms with Gasteiger partial charge in [0.05, 0.1) is 11.3 Å². The number of amides is 1. The summed E-state index contributed by atoms with van der Waals surface area (Å²) in [6.07, 6.45) is 1.02. The molecule has 0 spiro atoms. The first-order valence-electron chi connectivity index (χ1n) is 7.04. The first-order valence-corrected chi connectivity index (χ1v) is 7.92. The van der Waals surface area contributed by atoms with Crippen LogP contribution in [-0.4, -0.2) is 34.7 Å². The minimum absolute atomic E-state index is 0.0607. The molecule has 1 atom stereocenters. The van der Waals surface area contributed by atoms with E-state index in [2.05, 4.69) is 22.0 Å². The van der Waals surface area contributed by atoms with Gasteiger partial charge in [-0.15, -0.1) is 17.9 Å². The fourth-order valence-electron chi connectivity index (χ4n) is 1.70. The van der Waals surface area contributed by atoms with E-state index in [0.29, 0.717) is 18.3 Å². The second kappa shape index (κ2) is 8.23. The lowest BCUT2D eigenvalue weighted by atomic mass is 10.3. The maximum atomic E-state index is 11.7. The lowest BCUT2D eigenvalue weighted by Crippen LogP contribution is -2.35. The molecule has 8 heteroatoms. The van der Waals surface area contributed by atoms with Gasteiger partial charge in [-0.1, -0.05) is 17.3 Å². The van der Waals surface area contributed by atoms with Crippen LogP contribution in [0.3, 0.4) is 0 Å². The second-order valence-electron chi connectivity index (χ2n) is 4.65. The van der Waals surface area contributed by atoms with Gasteiger partial charge in [-0.2, -0.15) is 4.98 Å². The topological polar surface area (TPSA) is 94.3 Å². The Hall–Kier alpha value is -2.48. The lowest BCUT2D eigenvalue weighted by molar-refractivity contribution is -0.154. The Morgan fingerprint density at radius 1 is 1.57 bits per heavy atom. The third kappa shape index (κ3) is 5.03. The normalized spacial score (nSPS) is 11.7. The first-order chi connectivity index (χ1) is 11.1. The summed E-state index contributed by atoms with van der Waals surface area (Å²) < 4.78 is 10.1. The second-order valence-corrected chi connectivity index (χ2v) is 5.60. The molecule has 2 aromatic heterocycles. The van der Waals surface area contributed by atoms with Crippen LogP contribution in [0.15, 0.2) is 34.7 Å². The smallest absolute Gasteiger partial charge is 0.307 e. The molecule has 0 radical (unpaired) electrons. The molecule has 0 aliphatic heterocycles. The zero-order chi connectivity index (χ0) is 16.7. The van der Waals surface area contributed by atoms with E-state index in [4.69, 9.17) is 9.26 Å². The van der Waals surface area contributed by atoms with E-state index in [9.17, 15) is 9.59 Å². The molecule has 0 aromatic carbocycles.